The van der Waals surface area contributed by atoms with E-state index in [2.05, 4.69) is 15.6 Å². The van der Waals surface area contributed by atoms with Gasteiger partial charge in [-0.2, -0.15) is 13.2 Å². The SMILES string of the molecule is O=C(COc1ccc(Cl)c(F)c1)NC1(C(=O)NCc2cc(C(F)(F)F)ccn2)CCCCC1. The van der Waals surface area contributed by atoms with Crippen LogP contribution in [0.1, 0.15) is 43.4 Å². The normalized spacial score (nSPS) is 15.5. The zero-order valence-corrected chi connectivity index (χ0v) is 18.2. The summed E-state index contributed by atoms with van der Waals surface area (Å²) in [7, 11) is 0. The average molecular weight is 488 g/mol. The molecule has 0 radical (unpaired) electrons. The van der Waals surface area contributed by atoms with Crippen molar-refractivity contribution in [3.05, 3.63) is 58.6 Å². The Balaban J connectivity index is 1.63. The Labute approximate surface area is 192 Å². The molecule has 1 saturated carbocycles. The zero-order valence-electron chi connectivity index (χ0n) is 17.5. The first-order valence-electron chi connectivity index (χ1n) is 10.3. The number of ether oxygens (including phenoxy) is 1. The van der Waals surface area contributed by atoms with E-state index in [0.29, 0.717) is 25.7 Å². The summed E-state index contributed by atoms with van der Waals surface area (Å²) in [5.41, 5.74) is -2.03. The summed E-state index contributed by atoms with van der Waals surface area (Å²) < 4.78 is 57.5. The van der Waals surface area contributed by atoms with Gasteiger partial charge in [0.05, 0.1) is 22.8 Å². The number of nitrogens with zero attached hydrogens (tertiary/aromatic N) is 1. The predicted octanol–water partition coefficient (Wildman–Crippen LogP) is 4.41. The third-order valence-electron chi connectivity index (χ3n) is 5.36. The first-order chi connectivity index (χ1) is 15.6. The van der Waals surface area contributed by atoms with E-state index in [0.717, 1.165) is 30.8 Å². The molecule has 1 aromatic heterocycles. The third-order valence-corrected chi connectivity index (χ3v) is 5.66. The van der Waals surface area contributed by atoms with Crippen LogP contribution in [0.5, 0.6) is 5.75 Å². The number of benzene rings is 1. The van der Waals surface area contributed by atoms with Crippen molar-refractivity contribution >= 4 is 23.4 Å². The highest BCUT2D eigenvalue weighted by Crippen LogP contribution is 2.30. The van der Waals surface area contributed by atoms with Crippen LogP contribution in [-0.4, -0.2) is 28.9 Å². The fraction of sp³-hybridized carbons (Fsp3) is 0.409. The molecule has 1 aliphatic rings. The Morgan fingerprint density at radius 3 is 2.52 bits per heavy atom. The Kier molecular flexibility index (Phi) is 7.78. The minimum absolute atomic E-state index is 0.0450. The van der Waals surface area contributed by atoms with Gasteiger partial charge in [-0.05, 0) is 37.1 Å². The first-order valence-corrected chi connectivity index (χ1v) is 10.7. The van der Waals surface area contributed by atoms with E-state index in [4.69, 9.17) is 16.3 Å². The first kappa shape index (κ1) is 24.8. The predicted molar refractivity (Wildman–Crippen MR) is 112 cm³/mol. The van der Waals surface area contributed by atoms with E-state index in [1.165, 1.54) is 12.1 Å². The fourth-order valence-electron chi connectivity index (χ4n) is 3.67. The summed E-state index contributed by atoms with van der Waals surface area (Å²) in [5.74, 6) is -1.68. The third kappa shape index (κ3) is 6.56. The molecule has 0 atom stereocenters. The molecular weight excluding hydrogens is 466 g/mol. The summed E-state index contributed by atoms with van der Waals surface area (Å²) in [4.78, 5) is 29.4. The maximum absolute atomic E-state index is 13.5. The number of nitrogens with one attached hydrogen (secondary N) is 2. The molecule has 0 unspecified atom stereocenters. The molecule has 1 aromatic carbocycles. The highest BCUT2D eigenvalue weighted by atomic mass is 35.5. The van der Waals surface area contributed by atoms with Crippen LogP contribution in [0.15, 0.2) is 36.5 Å². The summed E-state index contributed by atoms with van der Waals surface area (Å²) in [5, 5.41) is 5.21. The second-order valence-corrected chi connectivity index (χ2v) is 8.18. The van der Waals surface area contributed by atoms with Gasteiger partial charge in [-0.15, -0.1) is 0 Å². The van der Waals surface area contributed by atoms with Gasteiger partial charge in [-0.3, -0.25) is 14.6 Å². The van der Waals surface area contributed by atoms with Gasteiger partial charge in [-0.25, -0.2) is 4.39 Å². The quantitative estimate of drug-likeness (QED) is 0.567. The minimum atomic E-state index is -4.52. The molecule has 33 heavy (non-hydrogen) atoms. The van der Waals surface area contributed by atoms with Crippen molar-refractivity contribution in [3.63, 3.8) is 0 Å². The summed E-state index contributed by atoms with van der Waals surface area (Å²) in [6.45, 7) is -0.674. The van der Waals surface area contributed by atoms with Gasteiger partial charge < -0.3 is 15.4 Å². The van der Waals surface area contributed by atoms with Crippen LogP contribution >= 0.6 is 11.6 Å². The molecule has 2 amide bonds. The van der Waals surface area contributed by atoms with Gasteiger partial charge in [0.25, 0.3) is 5.91 Å². The van der Waals surface area contributed by atoms with Crippen LogP contribution in [0.4, 0.5) is 17.6 Å². The highest BCUT2D eigenvalue weighted by Gasteiger charge is 2.41. The van der Waals surface area contributed by atoms with Gasteiger partial charge in [0, 0.05) is 12.3 Å². The molecule has 1 heterocycles. The van der Waals surface area contributed by atoms with Crippen LogP contribution in [0, 0.1) is 5.82 Å². The zero-order chi connectivity index (χ0) is 24.1. The van der Waals surface area contributed by atoms with Crippen molar-refractivity contribution in [2.75, 3.05) is 6.61 Å². The second-order valence-electron chi connectivity index (χ2n) is 7.77. The monoisotopic (exact) mass is 487 g/mol. The summed E-state index contributed by atoms with van der Waals surface area (Å²) >= 11 is 5.62. The lowest BCUT2D eigenvalue weighted by atomic mass is 9.80. The second kappa shape index (κ2) is 10.4. The Bertz CT molecular complexity index is 1010. The Morgan fingerprint density at radius 1 is 1.12 bits per heavy atom. The number of hydrogen-bond acceptors (Lipinski definition) is 4. The van der Waals surface area contributed by atoms with Crippen molar-refractivity contribution in [2.24, 2.45) is 0 Å². The number of aromatic nitrogens is 1. The maximum atomic E-state index is 13.5. The maximum Gasteiger partial charge on any atom is 0.416 e. The average Bonchev–Trinajstić information content (AvgIpc) is 2.78. The highest BCUT2D eigenvalue weighted by molar-refractivity contribution is 6.30. The van der Waals surface area contributed by atoms with Crippen molar-refractivity contribution in [3.8, 4) is 5.75 Å². The molecule has 0 aliphatic heterocycles. The van der Waals surface area contributed by atoms with E-state index in [1.807, 2.05) is 0 Å². The molecule has 0 bridgehead atoms. The van der Waals surface area contributed by atoms with Gasteiger partial charge in [0.2, 0.25) is 5.91 Å². The standard InChI is InChI=1S/C22H22ClF4N3O3/c23-17-5-4-16(11-18(17)24)33-13-19(31)30-21(7-2-1-3-8-21)20(32)29-12-15-10-14(6-9-28-15)22(25,26)27/h4-6,9-11H,1-3,7-8,12-13H2,(H,29,32)(H,30,31). The smallest absolute Gasteiger partial charge is 0.416 e. The van der Waals surface area contributed by atoms with Crippen LogP contribution in [-0.2, 0) is 22.3 Å². The topological polar surface area (TPSA) is 80.3 Å². The molecular formula is C22H22ClF4N3O3. The van der Waals surface area contributed by atoms with Crippen molar-refractivity contribution in [1.29, 1.82) is 0 Å². The molecule has 2 N–H and O–H groups in total. The molecule has 0 saturated heterocycles. The van der Waals surface area contributed by atoms with Gasteiger partial charge >= 0.3 is 6.18 Å². The minimum Gasteiger partial charge on any atom is -0.484 e. The number of carbonyl (C=O) groups excluding carboxylic acids is 2. The van der Waals surface area contributed by atoms with Crippen LogP contribution in [0.3, 0.4) is 0 Å². The summed E-state index contributed by atoms with van der Waals surface area (Å²) in [6, 6.07) is 5.46. The molecule has 3 rings (SSSR count). The van der Waals surface area contributed by atoms with E-state index in [1.54, 1.807) is 0 Å². The summed E-state index contributed by atoms with van der Waals surface area (Å²) in [6.07, 6.45) is -0.475. The van der Waals surface area contributed by atoms with E-state index >= 15 is 0 Å². The Morgan fingerprint density at radius 2 is 1.85 bits per heavy atom. The lowest BCUT2D eigenvalue weighted by molar-refractivity contribution is -0.137. The van der Waals surface area contributed by atoms with Crippen LogP contribution in [0.25, 0.3) is 0 Å². The molecule has 2 aromatic rings. The van der Waals surface area contributed by atoms with E-state index in [9.17, 15) is 27.2 Å². The molecule has 1 aliphatic carbocycles. The lowest BCUT2D eigenvalue weighted by Gasteiger charge is -2.36. The number of hydrogen-bond donors (Lipinski definition) is 2. The number of alkyl halides is 3. The fourth-order valence-corrected chi connectivity index (χ4v) is 3.79. The molecule has 6 nitrogen and oxygen atoms in total. The number of carbonyl (C=O) groups is 2. The number of halogens is 5. The molecule has 178 valence electrons. The molecule has 1 fully saturated rings. The van der Waals surface area contributed by atoms with Gasteiger partial charge in [0.1, 0.15) is 17.1 Å². The Hall–Kier alpha value is -2.88. The number of amides is 2. The molecule has 0 spiro atoms. The van der Waals surface area contributed by atoms with Crippen molar-refractivity contribution in [1.82, 2.24) is 15.6 Å². The number of pyridine rings is 1. The van der Waals surface area contributed by atoms with Gasteiger partial charge in [0.15, 0.2) is 6.61 Å². The van der Waals surface area contributed by atoms with Gasteiger partial charge in [-0.1, -0.05) is 30.9 Å². The largest absolute Gasteiger partial charge is 0.484 e. The van der Waals surface area contributed by atoms with E-state index < -0.39 is 41.5 Å². The van der Waals surface area contributed by atoms with Crippen molar-refractivity contribution in [2.45, 2.75) is 50.4 Å². The van der Waals surface area contributed by atoms with E-state index in [-0.39, 0.29) is 23.0 Å². The van der Waals surface area contributed by atoms with Crippen molar-refractivity contribution < 1.29 is 31.9 Å². The van der Waals surface area contributed by atoms with Crippen LogP contribution in [0.2, 0.25) is 5.02 Å². The lowest BCUT2D eigenvalue weighted by Crippen LogP contribution is -2.60. The van der Waals surface area contributed by atoms with Crippen LogP contribution < -0.4 is 15.4 Å². The molecule has 11 heteroatoms. The number of rotatable bonds is 7.